The van der Waals surface area contributed by atoms with Crippen LogP contribution in [0.1, 0.15) is 29.2 Å². The van der Waals surface area contributed by atoms with Gasteiger partial charge in [0.2, 0.25) is 6.10 Å². The third-order valence-electron chi connectivity index (χ3n) is 5.08. The summed E-state index contributed by atoms with van der Waals surface area (Å²) in [7, 11) is 1.35. The van der Waals surface area contributed by atoms with Crippen LogP contribution in [0, 0.1) is 0 Å². The van der Waals surface area contributed by atoms with Crippen molar-refractivity contribution in [3.8, 4) is 17.2 Å². The first-order chi connectivity index (χ1) is 14.5. The number of fused-ring (bicyclic) bond motifs is 1. The second-order valence-corrected chi connectivity index (χ2v) is 7.85. The Morgan fingerprint density at radius 3 is 2.17 bits per heavy atom. The van der Waals surface area contributed by atoms with E-state index in [2.05, 4.69) is 0 Å². The normalized spacial score (nSPS) is 13.4. The van der Waals surface area contributed by atoms with Gasteiger partial charge in [-0.3, -0.25) is 0 Å². The lowest BCUT2D eigenvalue weighted by molar-refractivity contribution is -0.149. The molecule has 154 valence electrons. The van der Waals surface area contributed by atoms with Gasteiger partial charge >= 0.3 is 5.97 Å². The number of hydrogen-bond donors (Lipinski definition) is 0. The SMILES string of the molecule is COC(=O)C(Oc1ccc(Cl)c2c1CCC2)c1ccc(Oc2ccc(Cl)cc2)cc1. The van der Waals surface area contributed by atoms with Crippen molar-refractivity contribution in [1.29, 1.82) is 0 Å². The number of hydrogen-bond acceptors (Lipinski definition) is 4. The standard InChI is InChI=1S/C24H20Cl2O4/c1-28-24(27)23(30-22-14-13-21(26)19-3-2-4-20(19)22)15-5-9-17(10-6-15)29-18-11-7-16(25)8-12-18/h5-14,23H,2-4H2,1H3. The van der Waals surface area contributed by atoms with Crippen LogP contribution in [0.4, 0.5) is 0 Å². The topological polar surface area (TPSA) is 44.8 Å². The number of methoxy groups -OCH3 is 1. The minimum atomic E-state index is -0.884. The number of benzene rings is 3. The van der Waals surface area contributed by atoms with E-state index >= 15 is 0 Å². The van der Waals surface area contributed by atoms with Gasteiger partial charge in [0.1, 0.15) is 17.2 Å². The molecule has 0 aliphatic heterocycles. The van der Waals surface area contributed by atoms with Crippen LogP contribution < -0.4 is 9.47 Å². The molecule has 1 unspecified atom stereocenters. The summed E-state index contributed by atoms with van der Waals surface area (Å²) in [5, 5.41) is 1.39. The molecule has 30 heavy (non-hydrogen) atoms. The third kappa shape index (κ3) is 4.40. The van der Waals surface area contributed by atoms with Gasteiger partial charge in [-0.15, -0.1) is 0 Å². The summed E-state index contributed by atoms with van der Waals surface area (Å²) < 4.78 is 16.9. The molecule has 1 aliphatic carbocycles. The molecule has 0 heterocycles. The Morgan fingerprint density at radius 1 is 0.867 bits per heavy atom. The fourth-order valence-electron chi connectivity index (χ4n) is 3.58. The van der Waals surface area contributed by atoms with E-state index in [1.807, 2.05) is 12.1 Å². The Kier molecular flexibility index (Phi) is 6.16. The molecule has 0 saturated carbocycles. The molecular weight excluding hydrogens is 423 g/mol. The first kappa shape index (κ1) is 20.6. The lowest BCUT2D eigenvalue weighted by Crippen LogP contribution is -2.20. The van der Waals surface area contributed by atoms with Crippen LogP contribution in [0.5, 0.6) is 17.2 Å². The highest BCUT2D eigenvalue weighted by Gasteiger charge is 2.27. The van der Waals surface area contributed by atoms with Crippen LogP contribution >= 0.6 is 23.2 Å². The van der Waals surface area contributed by atoms with Crippen LogP contribution in [-0.2, 0) is 22.4 Å². The summed E-state index contributed by atoms with van der Waals surface area (Å²) in [6, 6.07) is 17.9. The van der Waals surface area contributed by atoms with E-state index in [9.17, 15) is 4.79 Å². The smallest absolute Gasteiger partial charge is 0.351 e. The summed E-state index contributed by atoms with van der Waals surface area (Å²) in [5.41, 5.74) is 2.84. The Balaban J connectivity index is 1.56. The molecule has 1 atom stereocenters. The maximum atomic E-state index is 12.5. The highest BCUT2D eigenvalue weighted by Crippen LogP contribution is 2.38. The molecule has 0 radical (unpaired) electrons. The van der Waals surface area contributed by atoms with Crippen LogP contribution in [0.15, 0.2) is 60.7 Å². The van der Waals surface area contributed by atoms with Gasteiger partial charge in [0.25, 0.3) is 0 Å². The second kappa shape index (κ2) is 8.99. The highest BCUT2D eigenvalue weighted by atomic mass is 35.5. The van der Waals surface area contributed by atoms with Crippen molar-refractivity contribution in [3.63, 3.8) is 0 Å². The first-order valence-corrected chi connectivity index (χ1v) is 10.4. The molecule has 4 nitrogen and oxygen atoms in total. The summed E-state index contributed by atoms with van der Waals surface area (Å²) in [4.78, 5) is 12.5. The third-order valence-corrected chi connectivity index (χ3v) is 5.68. The van der Waals surface area contributed by atoms with Gasteiger partial charge in [0.05, 0.1) is 7.11 Å². The molecule has 1 aliphatic rings. The predicted octanol–water partition coefficient (Wildman–Crippen LogP) is 6.57. The average molecular weight is 443 g/mol. The van der Waals surface area contributed by atoms with Crippen LogP contribution in [0.2, 0.25) is 10.0 Å². The van der Waals surface area contributed by atoms with Gasteiger partial charge in [-0.2, -0.15) is 0 Å². The first-order valence-electron chi connectivity index (χ1n) is 9.63. The molecule has 0 fully saturated rings. The van der Waals surface area contributed by atoms with Gasteiger partial charge in [0.15, 0.2) is 0 Å². The van der Waals surface area contributed by atoms with E-state index < -0.39 is 12.1 Å². The van der Waals surface area contributed by atoms with E-state index in [1.165, 1.54) is 7.11 Å². The summed E-state index contributed by atoms with van der Waals surface area (Å²) >= 11 is 12.2. The van der Waals surface area contributed by atoms with E-state index in [4.69, 9.17) is 37.4 Å². The van der Waals surface area contributed by atoms with Crippen molar-refractivity contribution in [1.82, 2.24) is 0 Å². The summed E-state index contributed by atoms with van der Waals surface area (Å²) in [6.07, 6.45) is 1.94. The predicted molar refractivity (Wildman–Crippen MR) is 117 cm³/mol. The molecule has 0 spiro atoms. The fourth-order valence-corrected chi connectivity index (χ4v) is 3.97. The van der Waals surface area contributed by atoms with E-state index in [-0.39, 0.29) is 0 Å². The highest BCUT2D eigenvalue weighted by molar-refractivity contribution is 6.31. The van der Waals surface area contributed by atoms with Crippen molar-refractivity contribution in [2.75, 3.05) is 7.11 Å². The lowest BCUT2D eigenvalue weighted by atomic mass is 10.1. The summed E-state index contributed by atoms with van der Waals surface area (Å²) in [6.45, 7) is 0. The quantitative estimate of drug-likeness (QED) is 0.405. The molecule has 3 aromatic carbocycles. The van der Waals surface area contributed by atoms with Crippen molar-refractivity contribution in [2.45, 2.75) is 25.4 Å². The van der Waals surface area contributed by atoms with Crippen molar-refractivity contribution in [3.05, 3.63) is 87.4 Å². The number of carbonyl (C=O) groups is 1. The molecule has 0 N–H and O–H groups in total. The minimum absolute atomic E-state index is 0.469. The van der Waals surface area contributed by atoms with E-state index in [1.54, 1.807) is 48.5 Å². The number of rotatable bonds is 6. The minimum Gasteiger partial charge on any atom is -0.474 e. The number of esters is 1. The number of carbonyl (C=O) groups excluding carboxylic acids is 1. The number of halogens is 2. The Morgan fingerprint density at radius 2 is 1.50 bits per heavy atom. The largest absolute Gasteiger partial charge is 0.474 e. The molecule has 0 amide bonds. The molecule has 0 bridgehead atoms. The van der Waals surface area contributed by atoms with Crippen molar-refractivity contribution < 1.29 is 19.0 Å². The van der Waals surface area contributed by atoms with Crippen molar-refractivity contribution in [2.24, 2.45) is 0 Å². The maximum Gasteiger partial charge on any atom is 0.351 e. The Labute approximate surface area is 185 Å². The molecule has 4 rings (SSSR count). The summed E-state index contributed by atoms with van der Waals surface area (Å²) in [5.74, 6) is 1.51. The molecule has 3 aromatic rings. The van der Waals surface area contributed by atoms with Gasteiger partial charge in [0, 0.05) is 15.6 Å². The van der Waals surface area contributed by atoms with Gasteiger partial charge in [-0.25, -0.2) is 4.79 Å². The monoisotopic (exact) mass is 442 g/mol. The second-order valence-electron chi connectivity index (χ2n) is 7.00. The molecule has 0 saturated heterocycles. The zero-order valence-corrected chi connectivity index (χ0v) is 17.9. The van der Waals surface area contributed by atoms with Crippen molar-refractivity contribution >= 4 is 29.2 Å². The van der Waals surface area contributed by atoms with Crippen LogP contribution in [0.25, 0.3) is 0 Å². The van der Waals surface area contributed by atoms with Gasteiger partial charge in [-0.05, 0) is 78.9 Å². The fraction of sp³-hybridized carbons (Fsp3) is 0.208. The van der Waals surface area contributed by atoms with Crippen LogP contribution in [0.3, 0.4) is 0 Å². The number of ether oxygens (including phenoxy) is 3. The Bertz CT molecular complexity index is 1050. The van der Waals surface area contributed by atoms with Gasteiger partial charge < -0.3 is 14.2 Å². The maximum absolute atomic E-state index is 12.5. The zero-order chi connectivity index (χ0) is 21.1. The Hall–Kier alpha value is -2.69. The zero-order valence-electron chi connectivity index (χ0n) is 16.4. The van der Waals surface area contributed by atoms with Gasteiger partial charge in [-0.1, -0.05) is 35.3 Å². The molecular formula is C24H20Cl2O4. The molecule has 6 heteroatoms. The molecule has 0 aromatic heterocycles. The van der Waals surface area contributed by atoms with Crippen LogP contribution in [-0.4, -0.2) is 13.1 Å². The van der Waals surface area contributed by atoms with E-state index in [0.29, 0.717) is 27.8 Å². The average Bonchev–Trinajstić information content (AvgIpc) is 3.26. The van der Waals surface area contributed by atoms with E-state index in [0.717, 1.165) is 35.4 Å². The lowest BCUT2D eigenvalue weighted by Gasteiger charge is -2.20.